The Morgan fingerprint density at radius 3 is 2.62 bits per heavy atom. The van der Waals surface area contributed by atoms with Crippen molar-refractivity contribution in [1.82, 2.24) is 10.2 Å². The third-order valence-electron chi connectivity index (χ3n) is 5.01. The van der Waals surface area contributed by atoms with Gasteiger partial charge in [-0.25, -0.2) is 13.6 Å². The molecule has 0 bridgehead atoms. The van der Waals surface area contributed by atoms with Crippen molar-refractivity contribution in [3.63, 3.8) is 0 Å². The molecule has 34 heavy (non-hydrogen) atoms. The quantitative estimate of drug-likeness (QED) is 0.591. The lowest BCUT2D eigenvalue weighted by molar-refractivity contribution is -0.141. The Balaban J connectivity index is 1.78. The fourth-order valence-corrected chi connectivity index (χ4v) is 3.70. The first-order valence-corrected chi connectivity index (χ1v) is 11.0. The molecule has 0 spiro atoms. The molecule has 0 fully saturated rings. The highest BCUT2D eigenvalue weighted by atomic mass is 35.5. The highest BCUT2D eigenvalue weighted by molar-refractivity contribution is 6.34. The molecule has 11 heteroatoms. The number of para-hydroxylation sites is 1. The normalized spacial score (nSPS) is 13.2. The molecule has 2 aromatic rings. The van der Waals surface area contributed by atoms with Gasteiger partial charge in [0.05, 0.1) is 17.2 Å². The summed E-state index contributed by atoms with van der Waals surface area (Å²) in [6.45, 7) is 1.44. The number of esters is 1. The molecular weight excluding hydrogens is 472 g/mol. The molecule has 3 rings (SSSR count). The molecule has 0 radical (unpaired) electrons. The van der Waals surface area contributed by atoms with Crippen LogP contribution in [-0.4, -0.2) is 62.1 Å². The summed E-state index contributed by atoms with van der Waals surface area (Å²) < 4.78 is 34.6. The lowest BCUT2D eigenvalue weighted by atomic mass is 10.1. The van der Waals surface area contributed by atoms with E-state index in [0.717, 1.165) is 5.56 Å². The Morgan fingerprint density at radius 2 is 1.91 bits per heavy atom. The molecule has 0 aliphatic carbocycles. The van der Waals surface area contributed by atoms with E-state index in [0.29, 0.717) is 5.69 Å². The van der Waals surface area contributed by atoms with Gasteiger partial charge in [-0.05, 0) is 36.8 Å². The maximum absolute atomic E-state index is 13.4. The molecule has 0 atom stereocenters. The fourth-order valence-electron chi connectivity index (χ4n) is 3.45. The van der Waals surface area contributed by atoms with E-state index in [1.807, 2.05) is 0 Å². The van der Waals surface area contributed by atoms with Crippen LogP contribution in [0, 0.1) is 0 Å². The zero-order valence-corrected chi connectivity index (χ0v) is 19.2. The van der Waals surface area contributed by atoms with Crippen molar-refractivity contribution in [1.29, 1.82) is 0 Å². The number of ether oxygens (including phenoxy) is 2. The molecule has 8 nitrogen and oxygen atoms in total. The van der Waals surface area contributed by atoms with Gasteiger partial charge < -0.3 is 24.6 Å². The lowest BCUT2D eigenvalue weighted by Gasteiger charge is -2.24. The van der Waals surface area contributed by atoms with Crippen LogP contribution in [0.2, 0.25) is 5.02 Å². The van der Waals surface area contributed by atoms with E-state index < -0.39 is 30.9 Å². The Morgan fingerprint density at radius 1 is 1.15 bits per heavy atom. The minimum atomic E-state index is -2.63. The van der Waals surface area contributed by atoms with Gasteiger partial charge in [0.2, 0.25) is 0 Å². The highest BCUT2D eigenvalue weighted by Crippen LogP contribution is 2.30. The Bertz CT molecular complexity index is 1050. The maximum atomic E-state index is 13.4. The average molecular weight is 496 g/mol. The van der Waals surface area contributed by atoms with Crippen LogP contribution >= 0.6 is 11.6 Å². The number of alkyl halides is 2. The molecule has 0 aromatic heterocycles. The molecule has 0 saturated heterocycles. The minimum Gasteiger partial charge on any atom is -0.488 e. The predicted octanol–water partition coefficient (Wildman–Crippen LogP) is 3.72. The van der Waals surface area contributed by atoms with Crippen LogP contribution in [0.4, 0.5) is 19.3 Å². The van der Waals surface area contributed by atoms with Crippen molar-refractivity contribution in [3.8, 4) is 5.75 Å². The van der Waals surface area contributed by atoms with Crippen LogP contribution in [-0.2, 0) is 16.1 Å². The summed E-state index contributed by atoms with van der Waals surface area (Å²) >= 11 is 6.27. The summed E-state index contributed by atoms with van der Waals surface area (Å²) in [4.78, 5) is 40.6. The van der Waals surface area contributed by atoms with Crippen molar-refractivity contribution in [2.75, 3.05) is 37.7 Å². The first kappa shape index (κ1) is 25.2. The van der Waals surface area contributed by atoms with E-state index in [4.69, 9.17) is 21.1 Å². The second-order valence-electron chi connectivity index (χ2n) is 7.31. The van der Waals surface area contributed by atoms with Crippen molar-refractivity contribution < 1.29 is 32.6 Å². The van der Waals surface area contributed by atoms with Crippen molar-refractivity contribution in [2.24, 2.45) is 0 Å². The van der Waals surface area contributed by atoms with Gasteiger partial charge in [0, 0.05) is 25.3 Å². The van der Waals surface area contributed by atoms with Crippen LogP contribution in [0.3, 0.4) is 0 Å². The van der Waals surface area contributed by atoms with Crippen LogP contribution < -0.4 is 15.0 Å². The van der Waals surface area contributed by atoms with Gasteiger partial charge in [0.25, 0.3) is 12.3 Å². The molecule has 1 aliphatic heterocycles. The molecule has 1 aliphatic rings. The second-order valence-corrected chi connectivity index (χ2v) is 7.72. The second kappa shape index (κ2) is 11.6. The molecule has 1 heterocycles. The minimum absolute atomic E-state index is 0.0579. The number of amides is 3. The Hall–Kier alpha value is -3.40. The number of fused-ring (bicyclic) bond motifs is 1. The molecule has 0 unspecified atom stereocenters. The fraction of sp³-hybridized carbons (Fsp3) is 0.348. The third kappa shape index (κ3) is 6.34. The van der Waals surface area contributed by atoms with Gasteiger partial charge in [-0.3, -0.25) is 9.59 Å². The van der Waals surface area contributed by atoms with E-state index in [2.05, 4.69) is 5.32 Å². The smallest absolute Gasteiger partial charge is 0.325 e. The first-order valence-electron chi connectivity index (χ1n) is 10.6. The van der Waals surface area contributed by atoms with Crippen LogP contribution in [0.15, 0.2) is 42.5 Å². The van der Waals surface area contributed by atoms with Crippen molar-refractivity contribution >= 4 is 35.2 Å². The number of nitrogens with zero attached hydrogens (tertiary/aromatic N) is 2. The maximum Gasteiger partial charge on any atom is 0.325 e. The number of benzene rings is 2. The summed E-state index contributed by atoms with van der Waals surface area (Å²) in [5, 5.41) is 2.58. The summed E-state index contributed by atoms with van der Waals surface area (Å²) in [5.41, 5.74) is 1.51. The van der Waals surface area contributed by atoms with Crippen LogP contribution in [0.5, 0.6) is 5.75 Å². The summed E-state index contributed by atoms with van der Waals surface area (Å²) in [6, 6.07) is 10.8. The van der Waals surface area contributed by atoms with Crippen LogP contribution in [0.1, 0.15) is 22.8 Å². The van der Waals surface area contributed by atoms with Crippen molar-refractivity contribution in [2.45, 2.75) is 19.9 Å². The summed E-state index contributed by atoms with van der Waals surface area (Å²) in [7, 11) is 0. The first-order chi connectivity index (χ1) is 16.3. The Labute approximate surface area is 200 Å². The van der Waals surface area contributed by atoms with Crippen LogP contribution in [0.25, 0.3) is 0 Å². The Kier molecular flexibility index (Phi) is 8.64. The molecule has 3 amide bonds. The number of rotatable bonds is 7. The lowest BCUT2D eigenvalue weighted by Crippen LogP contribution is -2.44. The van der Waals surface area contributed by atoms with Crippen molar-refractivity contribution in [3.05, 3.63) is 58.6 Å². The number of halogens is 3. The number of carbonyl (C=O) groups is 3. The molecular formula is C23H24ClF2N3O5. The van der Waals surface area contributed by atoms with Gasteiger partial charge in [0.15, 0.2) is 0 Å². The molecule has 1 N–H and O–H groups in total. The largest absolute Gasteiger partial charge is 0.488 e. The topological polar surface area (TPSA) is 88.2 Å². The number of urea groups is 1. The van der Waals surface area contributed by atoms with E-state index >= 15 is 0 Å². The number of hydrogen-bond donors (Lipinski definition) is 1. The van der Waals surface area contributed by atoms with E-state index in [1.165, 1.54) is 28.0 Å². The van der Waals surface area contributed by atoms with Gasteiger partial charge in [0.1, 0.15) is 18.9 Å². The number of hydrogen-bond acceptors (Lipinski definition) is 5. The van der Waals surface area contributed by atoms with Gasteiger partial charge in [-0.1, -0.05) is 29.8 Å². The molecule has 182 valence electrons. The van der Waals surface area contributed by atoms with Gasteiger partial charge in [-0.15, -0.1) is 0 Å². The molecule has 2 aromatic carbocycles. The predicted molar refractivity (Wildman–Crippen MR) is 122 cm³/mol. The van der Waals surface area contributed by atoms with E-state index in [-0.39, 0.29) is 49.1 Å². The summed E-state index contributed by atoms with van der Waals surface area (Å²) in [5.74, 6) is -0.826. The zero-order valence-electron chi connectivity index (χ0n) is 18.4. The highest BCUT2D eigenvalue weighted by Gasteiger charge is 2.28. The van der Waals surface area contributed by atoms with Gasteiger partial charge >= 0.3 is 12.0 Å². The average Bonchev–Trinajstić information content (AvgIpc) is 3.01. The molecule has 0 saturated carbocycles. The standard InChI is InChI=1S/C23H24ClF2N3O5/c1-2-33-21(30)12-27-23(32)28-9-10-29(19-6-4-3-5-15(19)13-28)22(31)17-8-7-16(11-18(17)24)34-14-20(25)26/h3-8,11,20H,2,9-10,12-14H2,1H3,(H,27,32). The monoisotopic (exact) mass is 495 g/mol. The number of anilines is 1. The number of carbonyl (C=O) groups excluding carboxylic acids is 3. The zero-order chi connectivity index (χ0) is 24.7. The van der Waals surface area contributed by atoms with Gasteiger partial charge in [-0.2, -0.15) is 0 Å². The van der Waals surface area contributed by atoms with E-state index in [9.17, 15) is 23.2 Å². The number of nitrogens with one attached hydrogen (secondary N) is 1. The van der Waals surface area contributed by atoms with E-state index in [1.54, 1.807) is 31.2 Å². The third-order valence-corrected chi connectivity index (χ3v) is 5.32. The SMILES string of the molecule is CCOC(=O)CNC(=O)N1CCN(C(=O)c2ccc(OCC(F)F)cc2Cl)c2ccccc2C1. The summed E-state index contributed by atoms with van der Waals surface area (Å²) in [6.07, 6.45) is -2.63.